The van der Waals surface area contributed by atoms with Gasteiger partial charge in [0.25, 0.3) is 5.91 Å². The Balaban J connectivity index is 2.20. The van der Waals surface area contributed by atoms with Crippen LogP contribution in [0.15, 0.2) is 29.2 Å². The van der Waals surface area contributed by atoms with Crippen LogP contribution in [0.3, 0.4) is 0 Å². The van der Waals surface area contributed by atoms with Crippen LogP contribution >= 0.6 is 0 Å². The van der Waals surface area contributed by atoms with Crippen molar-refractivity contribution in [2.75, 3.05) is 39.7 Å². The molecular formula is C17H25NO5S. The maximum Gasteiger partial charge on any atom is 0.253 e. The van der Waals surface area contributed by atoms with Crippen molar-refractivity contribution in [1.29, 1.82) is 0 Å². The molecule has 6 nitrogen and oxygen atoms in total. The molecule has 0 aromatic heterocycles. The van der Waals surface area contributed by atoms with Crippen LogP contribution in [-0.2, 0) is 14.6 Å². The number of carbonyl (C=O) groups is 1. The summed E-state index contributed by atoms with van der Waals surface area (Å²) in [4.78, 5) is 14.6. The minimum atomic E-state index is -3.36. The summed E-state index contributed by atoms with van der Waals surface area (Å²) in [5.74, 6) is -0.199. The highest BCUT2D eigenvalue weighted by Crippen LogP contribution is 2.33. The van der Waals surface area contributed by atoms with Gasteiger partial charge in [-0.1, -0.05) is 6.07 Å². The first-order valence-electron chi connectivity index (χ1n) is 8.00. The number of hydrogen-bond donors (Lipinski definition) is 1. The summed E-state index contributed by atoms with van der Waals surface area (Å²) >= 11 is 0. The summed E-state index contributed by atoms with van der Waals surface area (Å²) in [6, 6.07) is 6.11. The third kappa shape index (κ3) is 4.34. The zero-order valence-corrected chi connectivity index (χ0v) is 15.0. The van der Waals surface area contributed by atoms with Crippen molar-refractivity contribution in [3.8, 4) is 0 Å². The molecule has 134 valence electrons. The van der Waals surface area contributed by atoms with Crippen molar-refractivity contribution in [2.45, 2.75) is 24.2 Å². The average Bonchev–Trinajstić information content (AvgIpc) is 2.59. The van der Waals surface area contributed by atoms with Gasteiger partial charge in [-0.15, -0.1) is 0 Å². The predicted octanol–water partition coefficient (Wildman–Crippen LogP) is 1.34. The number of nitrogens with zero attached hydrogens (tertiary/aromatic N) is 1. The molecule has 0 aliphatic carbocycles. The van der Waals surface area contributed by atoms with E-state index in [0.717, 1.165) is 19.1 Å². The molecule has 0 radical (unpaired) electrons. The standard InChI is InChI=1S/C17H25NO5S/c1-23-10-8-17(13-19)7-4-9-18(12-17)16(20)14-5-3-6-15(11-14)24(2,21)22/h3,5-6,11,19H,4,7-10,12-13H2,1-2H3. The molecule has 1 unspecified atom stereocenters. The Labute approximate surface area is 143 Å². The van der Waals surface area contributed by atoms with Crippen LogP contribution in [-0.4, -0.2) is 64.0 Å². The minimum Gasteiger partial charge on any atom is -0.396 e. The van der Waals surface area contributed by atoms with Crippen LogP contribution in [0.25, 0.3) is 0 Å². The normalized spacial score (nSPS) is 21.7. The number of rotatable bonds is 6. The van der Waals surface area contributed by atoms with E-state index in [0.29, 0.717) is 31.7 Å². The van der Waals surface area contributed by atoms with Gasteiger partial charge >= 0.3 is 0 Å². The average molecular weight is 355 g/mol. The van der Waals surface area contributed by atoms with E-state index in [9.17, 15) is 18.3 Å². The van der Waals surface area contributed by atoms with E-state index in [1.807, 2.05) is 0 Å². The first-order chi connectivity index (χ1) is 11.3. The van der Waals surface area contributed by atoms with E-state index in [1.54, 1.807) is 24.1 Å². The van der Waals surface area contributed by atoms with Gasteiger partial charge in [-0.05, 0) is 37.5 Å². The first kappa shape index (κ1) is 18.9. The zero-order valence-electron chi connectivity index (χ0n) is 14.2. The number of likely N-dealkylation sites (tertiary alicyclic amines) is 1. The van der Waals surface area contributed by atoms with Gasteiger partial charge < -0.3 is 14.7 Å². The summed E-state index contributed by atoms with van der Waals surface area (Å²) in [5, 5.41) is 9.82. The lowest BCUT2D eigenvalue weighted by atomic mass is 9.78. The van der Waals surface area contributed by atoms with Crippen LogP contribution in [0.2, 0.25) is 0 Å². The molecular weight excluding hydrogens is 330 g/mol. The van der Waals surface area contributed by atoms with Crippen LogP contribution < -0.4 is 0 Å². The molecule has 0 bridgehead atoms. The molecule has 1 fully saturated rings. The molecule has 0 spiro atoms. The van der Waals surface area contributed by atoms with E-state index in [4.69, 9.17) is 4.74 Å². The number of ether oxygens (including phenoxy) is 1. The van der Waals surface area contributed by atoms with Gasteiger partial charge in [0.1, 0.15) is 0 Å². The van der Waals surface area contributed by atoms with Crippen molar-refractivity contribution in [3.05, 3.63) is 29.8 Å². The fraction of sp³-hybridized carbons (Fsp3) is 0.588. The highest BCUT2D eigenvalue weighted by atomic mass is 32.2. The molecule has 1 aromatic carbocycles. The number of hydrogen-bond acceptors (Lipinski definition) is 5. The predicted molar refractivity (Wildman–Crippen MR) is 90.7 cm³/mol. The van der Waals surface area contributed by atoms with Crippen molar-refractivity contribution in [1.82, 2.24) is 4.90 Å². The van der Waals surface area contributed by atoms with Gasteiger partial charge in [-0.3, -0.25) is 4.79 Å². The number of amides is 1. The minimum absolute atomic E-state index is 0.00349. The largest absolute Gasteiger partial charge is 0.396 e. The Bertz CT molecular complexity index is 688. The van der Waals surface area contributed by atoms with Crippen molar-refractivity contribution in [3.63, 3.8) is 0 Å². The topological polar surface area (TPSA) is 83.9 Å². The second kappa shape index (κ2) is 7.63. The number of benzene rings is 1. The third-order valence-electron chi connectivity index (χ3n) is 4.63. The molecule has 1 aromatic rings. The van der Waals surface area contributed by atoms with Crippen LogP contribution in [0, 0.1) is 5.41 Å². The number of carbonyl (C=O) groups excluding carboxylic acids is 1. The zero-order chi connectivity index (χ0) is 17.8. The van der Waals surface area contributed by atoms with E-state index in [1.165, 1.54) is 12.1 Å². The van der Waals surface area contributed by atoms with Crippen molar-refractivity contribution in [2.24, 2.45) is 5.41 Å². The van der Waals surface area contributed by atoms with Gasteiger partial charge in [0.05, 0.1) is 11.5 Å². The maximum absolute atomic E-state index is 12.8. The third-order valence-corrected chi connectivity index (χ3v) is 5.74. The second-order valence-electron chi connectivity index (χ2n) is 6.53. The van der Waals surface area contributed by atoms with Crippen LogP contribution in [0.5, 0.6) is 0 Å². The highest BCUT2D eigenvalue weighted by molar-refractivity contribution is 7.90. The lowest BCUT2D eigenvalue weighted by Crippen LogP contribution is -2.48. The molecule has 1 aliphatic rings. The van der Waals surface area contributed by atoms with Gasteiger partial charge in [0.15, 0.2) is 9.84 Å². The van der Waals surface area contributed by atoms with Gasteiger partial charge in [0, 0.05) is 44.0 Å². The lowest BCUT2D eigenvalue weighted by molar-refractivity contribution is 0.00897. The first-order valence-corrected chi connectivity index (χ1v) is 9.90. The van der Waals surface area contributed by atoms with E-state index < -0.39 is 9.84 Å². The Morgan fingerprint density at radius 3 is 2.79 bits per heavy atom. The molecule has 1 saturated heterocycles. The Kier molecular flexibility index (Phi) is 6.01. The molecule has 1 amide bonds. The molecule has 7 heteroatoms. The smallest absolute Gasteiger partial charge is 0.253 e. The van der Waals surface area contributed by atoms with E-state index in [-0.39, 0.29) is 22.8 Å². The molecule has 1 heterocycles. The summed E-state index contributed by atoms with van der Waals surface area (Å²) in [6.07, 6.45) is 3.47. The molecule has 0 saturated carbocycles. The number of aliphatic hydroxyl groups excluding tert-OH is 1. The number of piperidine rings is 1. The monoisotopic (exact) mass is 355 g/mol. The fourth-order valence-electron chi connectivity index (χ4n) is 3.15. The van der Waals surface area contributed by atoms with Crippen LogP contribution in [0.4, 0.5) is 0 Å². The Morgan fingerprint density at radius 1 is 1.42 bits per heavy atom. The fourth-order valence-corrected chi connectivity index (χ4v) is 3.82. The van der Waals surface area contributed by atoms with E-state index >= 15 is 0 Å². The number of sulfone groups is 1. The molecule has 24 heavy (non-hydrogen) atoms. The highest BCUT2D eigenvalue weighted by Gasteiger charge is 2.36. The number of methoxy groups -OCH3 is 1. The quantitative estimate of drug-likeness (QED) is 0.832. The molecule has 2 rings (SSSR count). The Morgan fingerprint density at radius 2 is 2.17 bits per heavy atom. The van der Waals surface area contributed by atoms with Gasteiger partial charge in [0.2, 0.25) is 0 Å². The molecule has 1 N–H and O–H groups in total. The Hall–Kier alpha value is -1.44. The summed E-state index contributed by atoms with van der Waals surface area (Å²) in [5.41, 5.74) is 0.0108. The van der Waals surface area contributed by atoms with Crippen molar-refractivity contribution < 1.29 is 23.1 Å². The summed E-state index contributed by atoms with van der Waals surface area (Å²) in [7, 11) is -1.74. The molecule has 1 atom stereocenters. The summed E-state index contributed by atoms with van der Waals surface area (Å²) < 4.78 is 28.5. The van der Waals surface area contributed by atoms with Crippen LogP contribution in [0.1, 0.15) is 29.6 Å². The van der Waals surface area contributed by atoms with Gasteiger partial charge in [-0.2, -0.15) is 0 Å². The SMILES string of the molecule is COCCC1(CO)CCCN(C(=O)c2cccc(S(C)(=O)=O)c2)C1. The summed E-state index contributed by atoms with van der Waals surface area (Å²) in [6.45, 7) is 1.60. The van der Waals surface area contributed by atoms with Gasteiger partial charge in [-0.25, -0.2) is 8.42 Å². The van der Waals surface area contributed by atoms with E-state index in [2.05, 4.69) is 0 Å². The van der Waals surface area contributed by atoms with Crippen molar-refractivity contribution >= 4 is 15.7 Å². The maximum atomic E-state index is 12.8. The second-order valence-corrected chi connectivity index (χ2v) is 8.55. The lowest BCUT2D eigenvalue weighted by Gasteiger charge is -2.42. The number of aliphatic hydroxyl groups is 1. The molecule has 1 aliphatic heterocycles.